The molecule has 4 aliphatic heterocycles. The highest BCUT2D eigenvalue weighted by Gasteiger charge is 2.37. The number of hydrogen-bond acceptors (Lipinski definition) is 14. The highest BCUT2D eigenvalue weighted by Crippen LogP contribution is 2.38. The molecule has 77 heavy (non-hydrogen) atoms. The number of halogens is 3. The maximum Gasteiger partial charge on any atom is 0.256 e. The third-order valence-electron chi connectivity index (χ3n) is 14.1. The topological polar surface area (TPSA) is 256 Å². The third-order valence-corrected chi connectivity index (χ3v) is 16.2. The normalized spacial score (nSPS) is 21.6. The highest BCUT2D eigenvalue weighted by atomic mass is 35.5. The number of nitrogens with zero attached hydrogens (tertiary/aromatic N) is 11. The zero-order chi connectivity index (χ0) is 55.6. The van der Waals surface area contributed by atoms with Crippen LogP contribution in [0.2, 0.25) is 15.2 Å². The van der Waals surface area contributed by atoms with Crippen LogP contribution < -0.4 is 19.7 Å². The summed E-state index contributed by atoms with van der Waals surface area (Å²) in [7, 11) is -7.16. The Balaban J connectivity index is 0.000000180. The van der Waals surface area contributed by atoms with Crippen LogP contribution in [0.1, 0.15) is 121 Å². The van der Waals surface area contributed by atoms with Gasteiger partial charge in [-0.3, -0.25) is 19.0 Å². The second-order valence-corrected chi connectivity index (χ2v) is 25.5. The van der Waals surface area contributed by atoms with Crippen molar-refractivity contribution in [3.63, 3.8) is 0 Å². The van der Waals surface area contributed by atoms with Crippen LogP contribution >= 0.6 is 34.8 Å². The quantitative estimate of drug-likeness (QED) is 0.114. The molecule has 6 aromatic rings. The number of carbonyl (C=O) groups is 2. The van der Waals surface area contributed by atoms with Gasteiger partial charge in [-0.15, -0.1) is 0 Å². The van der Waals surface area contributed by atoms with E-state index in [2.05, 4.69) is 41.9 Å². The third kappa shape index (κ3) is 13.5. The lowest BCUT2D eigenvalue weighted by Crippen LogP contribution is -2.39. The Hall–Kier alpha value is -6.27. The fraction of sp³-hybridized carbons (Fsp3) is 0.462. The fourth-order valence-electron chi connectivity index (χ4n) is 10.1. The van der Waals surface area contributed by atoms with E-state index in [1.54, 1.807) is 37.2 Å². The molecule has 4 aromatic heterocycles. The predicted octanol–water partition coefficient (Wildman–Crippen LogP) is 8.76. The molecule has 408 valence electrons. The van der Waals surface area contributed by atoms with E-state index < -0.39 is 20.0 Å². The van der Waals surface area contributed by atoms with Gasteiger partial charge in [-0.2, -0.15) is 20.7 Å². The van der Waals surface area contributed by atoms with Gasteiger partial charge in [0.2, 0.25) is 20.0 Å². The second kappa shape index (κ2) is 23.0. The number of nitrogens with one attached hydrogen (secondary N) is 3. The molecule has 2 aromatic carbocycles. The molecule has 8 heterocycles. The van der Waals surface area contributed by atoms with E-state index in [0.29, 0.717) is 51.8 Å². The van der Waals surface area contributed by atoms with Crippen LogP contribution in [0.4, 0.5) is 17.2 Å². The molecule has 10 rings (SSSR count). The van der Waals surface area contributed by atoms with Crippen LogP contribution in [0.15, 0.2) is 60.9 Å². The van der Waals surface area contributed by atoms with Crippen molar-refractivity contribution in [3.05, 3.63) is 110 Å². The van der Waals surface area contributed by atoms with Crippen molar-refractivity contribution in [2.24, 2.45) is 10.8 Å². The molecule has 2 amide bonds. The van der Waals surface area contributed by atoms with E-state index in [1.165, 1.54) is 24.3 Å². The maximum absolute atomic E-state index is 13.8. The number of fused-ring (bicyclic) bond motifs is 2. The summed E-state index contributed by atoms with van der Waals surface area (Å²) in [6.45, 7) is 12.1. The molecule has 4 fully saturated rings. The molecule has 0 saturated carbocycles. The minimum Gasteiger partial charge on any atom is -0.355 e. The maximum atomic E-state index is 13.8. The zero-order valence-corrected chi connectivity index (χ0v) is 47.5. The Morgan fingerprint density at radius 3 is 1.62 bits per heavy atom. The number of rotatable bonds is 9. The van der Waals surface area contributed by atoms with Crippen molar-refractivity contribution in [1.82, 2.24) is 44.3 Å². The van der Waals surface area contributed by atoms with Crippen molar-refractivity contribution in [3.8, 4) is 12.1 Å². The smallest absolute Gasteiger partial charge is 0.256 e. The van der Waals surface area contributed by atoms with Crippen molar-refractivity contribution in [1.29, 1.82) is 10.5 Å². The first-order valence-corrected chi connectivity index (χ1v) is 30.1. The molecule has 0 radical (unpaired) electrons. The molecule has 4 atom stereocenters. The van der Waals surface area contributed by atoms with E-state index in [4.69, 9.17) is 50.1 Å². The highest BCUT2D eigenvalue weighted by molar-refractivity contribution is 7.92. The Morgan fingerprint density at radius 2 is 1.18 bits per heavy atom. The fourth-order valence-corrected chi connectivity index (χ4v) is 11.7. The Morgan fingerprint density at radius 1 is 0.688 bits per heavy atom. The lowest BCUT2D eigenvalue weighted by molar-refractivity contribution is 0.0600. The van der Waals surface area contributed by atoms with Gasteiger partial charge in [-0.05, 0) is 122 Å². The number of amides is 2. The molecule has 4 saturated heterocycles. The van der Waals surface area contributed by atoms with Crippen molar-refractivity contribution >= 4 is 95.2 Å². The van der Waals surface area contributed by atoms with Gasteiger partial charge in [-0.25, -0.2) is 35.8 Å². The summed E-state index contributed by atoms with van der Waals surface area (Å²) < 4.78 is 55.6. The Kier molecular flexibility index (Phi) is 17.0. The van der Waals surface area contributed by atoms with Gasteiger partial charge in [0, 0.05) is 78.4 Å². The molecule has 3 N–H and O–H groups in total. The van der Waals surface area contributed by atoms with E-state index in [-0.39, 0.29) is 57.2 Å². The van der Waals surface area contributed by atoms with Gasteiger partial charge < -0.3 is 20.0 Å². The summed E-state index contributed by atoms with van der Waals surface area (Å²) in [5.41, 5.74) is 4.80. The van der Waals surface area contributed by atoms with Crippen LogP contribution in [-0.2, 0) is 20.0 Å². The van der Waals surface area contributed by atoms with Crippen LogP contribution in [0.3, 0.4) is 0 Å². The largest absolute Gasteiger partial charge is 0.355 e. The molecule has 0 aliphatic carbocycles. The Bertz CT molecular complexity index is 3520. The second-order valence-electron chi connectivity index (χ2n) is 20.8. The Labute approximate surface area is 463 Å². The molecule has 2 unspecified atom stereocenters. The SMILES string of the molecule is CC1(C#N)CCNC1.Cc1cn2nc([C@@H]3CCCCN3C(=O)c3cc(Cl)ccc3NS(C)(=O)=O)cc2nc1Cl.Cc1cn2nc([C@@H]3CCCCN3C(=O)c3cc(Cl)ccc3NS(C)(=O)=O)cc2nc1N1CCC(C)(C#N)C1. The first-order chi connectivity index (χ1) is 36.3. The average molecular weight is 1150 g/mol. The summed E-state index contributed by atoms with van der Waals surface area (Å²) in [5, 5.41) is 31.7. The van der Waals surface area contributed by atoms with Crippen molar-refractivity contribution in [2.75, 3.05) is 66.1 Å². The van der Waals surface area contributed by atoms with Crippen molar-refractivity contribution in [2.45, 2.75) is 91.1 Å². The minimum absolute atomic E-state index is 0.0694. The zero-order valence-electron chi connectivity index (χ0n) is 43.6. The van der Waals surface area contributed by atoms with Gasteiger partial charge in [0.15, 0.2) is 11.3 Å². The van der Waals surface area contributed by atoms with E-state index in [0.717, 1.165) is 106 Å². The number of sulfonamides is 2. The van der Waals surface area contributed by atoms with Gasteiger partial charge in [0.25, 0.3) is 11.8 Å². The molecule has 20 nitrogen and oxygen atoms in total. The lowest BCUT2D eigenvalue weighted by atomic mass is 9.92. The van der Waals surface area contributed by atoms with Crippen LogP contribution in [0, 0.1) is 47.3 Å². The van der Waals surface area contributed by atoms with E-state index >= 15 is 0 Å². The molecular formula is C52H61Cl3N14O6S2. The number of aromatic nitrogens is 6. The van der Waals surface area contributed by atoms with Gasteiger partial charge in [0.05, 0.1) is 81.5 Å². The van der Waals surface area contributed by atoms with Gasteiger partial charge in [-0.1, -0.05) is 34.8 Å². The van der Waals surface area contributed by atoms with Crippen molar-refractivity contribution < 1.29 is 26.4 Å². The monoisotopic (exact) mass is 1150 g/mol. The number of nitriles is 2. The number of hydrogen-bond donors (Lipinski definition) is 3. The van der Waals surface area contributed by atoms with Crippen LogP contribution in [-0.4, -0.2) is 119 Å². The first-order valence-electron chi connectivity index (χ1n) is 25.2. The van der Waals surface area contributed by atoms with Crippen LogP contribution in [0.25, 0.3) is 11.3 Å². The molecular weight excluding hydrogens is 1090 g/mol. The summed E-state index contributed by atoms with van der Waals surface area (Å²) in [6.07, 6.45) is 12.6. The number of benzene rings is 2. The molecule has 25 heteroatoms. The van der Waals surface area contributed by atoms with Crippen LogP contribution in [0.5, 0.6) is 0 Å². The summed E-state index contributed by atoms with van der Waals surface area (Å²) >= 11 is 18.5. The number of aryl methyl sites for hydroxylation is 2. The minimum atomic E-state index is -3.59. The summed E-state index contributed by atoms with van der Waals surface area (Å²) in [4.78, 5) is 42.2. The summed E-state index contributed by atoms with van der Waals surface area (Å²) in [6, 6.07) is 16.9. The lowest BCUT2D eigenvalue weighted by Gasteiger charge is -2.35. The van der Waals surface area contributed by atoms with E-state index in [9.17, 15) is 31.7 Å². The molecule has 0 spiro atoms. The average Bonchev–Trinajstić information content (AvgIpc) is 4.23. The van der Waals surface area contributed by atoms with E-state index in [1.807, 2.05) is 46.0 Å². The number of likely N-dealkylation sites (tertiary alicyclic amines) is 2. The van der Waals surface area contributed by atoms with Gasteiger partial charge in [0.1, 0.15) is 11.0 Å². The number of carbonyl (C=O) groups excluding carboxylic acids is 2. The summed E-state index contributed by atoms with van der Waals surface area (Å²) in [5.74, 6) is 0.227. The molecule has 4 aliphatic rings. The standard InChI is InChI=1S/C26H30ClN7O3S.C20H21Cl2N5O3S.C6H10N2/c1-17-14-34-23(29-24(17)32-11-9-26(2,15-28)16-32)13-21(30-34)22-6-4-5-10-33(22)25(35)19-12-18(27)7-8-20(19)31-38(3,36)37;1-12-11-27-18(23-19(12)22)10-16(24-27)17-5-3-4-8-26(17)20(28)14-9-13(21)6-7-15(14)25-31(2,29)30;1-6(4-7)2-3-8-5-6/h7-8,12-14,22,31H,4-6,9-11,16H2,1-3H3;6-7,9-11,17,25H,3-5,8H2,1-2H3;8H,2-3,5H2,1H3/t22-,26?;17-;/m00./s1. The predicted molar refractivity (Wildman–Crippen MR) is 297 cm³/mol. The first kappa shape index (κ1) is 56.9. The van der Waals surface area contributed by atoms with Gasteiger partial charge >= 0.3 is 0 Å². The number of piperidine rings is 2. The number of anilines is 3. The molecule has 0 bridgehead atoms.